The van der Waals surface area contributed by atoms with Crippen LogP contribution in [0.25, 0.3) is 10.9 Å². The number of aromatic nitrogens is 1. The van der Waals surface area contributed by atoms with Gasteiger partial charge in [0.1, 0.15) is 12.4 Å². The summed E-state index contributed by atoms with van der Waals surface area (Å²) < 4.78 is 10.8. The lowest BCUT2D eigenvalue weighted by atomic mass is 10.1. The first-order chi connectivity index (χ1) is 13.4. The van der Waals surface area contributed by atoms with E-state index < -0.39 is 0 Å². The Morgan fingerprint density at radius 2 is 1.96 bits per heavy atom. The minimum atomic E-state index is 0.522. The number of nitrogens with zero attached hydrogens (tertiary/aromatic N) is 1. The molecule has 0 fully saturated rings. The normalized spacial score (nSPS) is 11.8. The number of aryl methyl sites for hydroxylation is 1. The van der Waals surface area contributed by atoms with E-state index in [-0.39, 0.29) is 0 Å². The fourth-order valence-electron chi connectivity index (χ4n) is 2.99. The second-order valence-corrected chi connectivity index (χ2v) is 6.37. The van der Waals surface area contributed by atoms with Crippen molar-refractivity contribution in [1.29, 1.82) is 0 Å². The lowest BCUT2D eigenvalue weighted by molar-refractivity contribution is 0.105. The third kappa shape index (κ3) is 5.89. The maximum Gasteiger partial charge on any atom is 0.190 e. The van der Waals surface area contributed by atoms with E-state index in [0.29, 0.717) is 13.2 Å². The summed E-state index contributed by atoms with van der Waals surface area (Å²) in [7, 11) is 1.79. The van der Waals surface area contributed by atoms with E-state index in [4.69, 9.17) is 9.15 Å². The number of aliphatic imine (C=N–C) groups is 1. The molecule has 1 aromatic carbocycles. The Morgan fingerprint density at radius 1 is 1.11 bits per heavy atom. The van der Waals surface area contributed by atoms with Crippen molar-refractivity contribution in [2.75, 3.05) is 26.7 Å². The van der Waals surface area contributed by atoms with Gasteiger partial charge in [-0.05, 0) is 43.0 Å². The summed E-state index contributed by atoms with van der Waals surface area (Å²) in [5.74, 6) is 1.69. The monoisotopic (exact) mass is 368 g/mol. The summed E-state index contributed by atoms with van der Waals surface area (Å²) in [5, 5.41) is 8.00. The SMILES string of the molecule is CN=C(NCCCOCc1ccco1)NCCCc1c[nH]c2ccccc12. The van der Waals surface area contributed by atoms with Gasteiger partial charge < -0.3 is 24.8 Å². The van der Waals surface area contributed by atoms with Crippen molar-refractivity contribution < 1.29 is 9.15 Å². The largest absolute Gasteiger partial charge is 0.467 e. The molecule has 0 radical (unpaired) electrons. The number of H-pyrrole nitrogens is 1. The van der Waals surface area contributed by atoms with Crippen LogP contribution in [0.2, 0.25) is 0 Å². The zero-order valence-corrected chi connectivity index (χ0v) is 15.8. The summed E-state index contributed by atoms with van der Waals surface area (Å²) in [6.07, 6.45) is 6.77. The molecular formula is C21H28N4O2. The maximum atomic E-state index is 5.57. The molecule has 0 saturated heterocycles. The number of para-hydroxylation sites is 1. The lowest BCUT2D eigenvalue weighted by Crippen LogP contribution is -2.38. The molecule has 0 amide bonds. The van der Waals surface area contributed by atoms with E-state index in [1.54, 1.807) is 13.3 Å². The van der Waals surface area contributed by atoms with Gasteiger partial charge in [-0.1, -0.05) is 18.2 Å². The van der Waals surface area contributed by atoms with Crippen molar-refractivity contribution in [3.8, 4) is 0 Å². The first-order valence-corrected chi connectivity index (χ1v) is 9.46. The van der Waals surface area contributed by atoms with Gasteiger partial charge in [0, 0.05) is 43.8 Å². The number of benzene rings is 1. The van der Waals surface area contributed by atoms with Crippen LogP contribution in [0.4, 0.5) is 0 Å². The van der Waals surface area contributed by atoms with E-state index in [9.17, 15) is 0 Å². The van der Waals surface area contributed by atoms with Gasteiger partial charge in [0.05, 0.1) is 6.26 Å². The molecule has 27 heavy (non-hydrogen) atoms. The zero-order chi connectivity index (χ0) is 18.7. The van der Waals surface area contributed by atoms with Crippen LogP contribution in [0.15, 0.2) is 58.3 Å². The Hall–Kier alpha value is -2.73. The number of nitrogens with one attached hydrogen (secondary N) is 3. The predicted molar refractivity (Wildman–Crippen MR) is 109 cm³/mol. The molecule has 2 aromatic heterocycles. The molecule has 0 spiro atoms. The van der Waals surface area contributed by atoms with E-state index in [0.717, 1.165) is 44.1 Å². The highest BCUT2D eigenvalue weighted by molar-refractivity contribution is 5.83. The molecule has 0 aliphatic heterocycles. The summed E-state index contributed by atoms with van der Waals surface area (Å²) >= 11 is 0. The molecule has 0 bridgehead atoms. The van der Waals surface area contributed by atoms with Crippen LogP contribution < -0.4 is 10.6 Å². The summed E-state index contributed by atoms with van der Waals surface area (Å²) in [4.78, 5) is 7.59. The van der Waals surface area contributed by atoms with E-state index in [2.05, 4.69) is 51.1 Å². The number of rotatable bonds is 10. The molecule has 0 atom stereocenters. The van der Waals surface area contributed by atoms with E-state index in [1.165, 1.54) is 16.5 Å². The van der Waals surface area contributed by atoms with Gasteiger partial charge in [0.2, 0.25) is 0 Å². The highest BCUT2D eigenvalue weighted by Gasteiger charge is 2.03. The minimum absolute atomic E-state index is 0.522. The number of fused-ring (bicyclic) bond motifs is 1. The van der Waals surface area contributed by atoms with Crippen molar-refractivity contribution in [2.45, 2.75) is 25.9 Å². The second kappa shape index (κ2) is 10.4. The highest BCUT2D eigenvalue weighted by atomic mass is 16.5. The minimum Gasteiger partial charge on any atom is -0.467 e. The molecule has 144 valence electrons. The van der Waals surface area contributed by atoms with Crippen molar-refractivity contribution in [3.63, 3.8) is 0 Å². The molecule has 0 aliphatic carbocycles. The van der Waals surface area contributed by atoms with Gasteiger partial charge in [0.25, 0.3) is 0 Å². The summed E-state index contributed by atoms with van der Waals surface area (Å²) in [5.41, 5.74) is 2.57. The van der Waals surface area contributed by atoms with Gasteiger partial charge in [0.15, 0.2) is 5.96 Å². The Bertz CT molecular complexity index is 824. The van der Waals surface area contributed by atoms with Crippen LogP contribution in [0, 0.1) is 0 Å². The topological polar surface area (TPSA) is 74.6 Å². The third-order valence-electron chi connectivity index (χ3n) is 4.40. The Labute approximate surface area is 160 Å². The van der Waals surface area contributed by atoms with E-state index in [1.807, 2.05) is 12.1 Å². The van der Waals surface area contributed by atoms with E-state index >= 15 is 0 Å². The van der Waals surface area contributed by atoms with Gasteiger partial charge in [-0.15, -0.1) is 0 Å². The number of ether oxygens (including phenoxy) is 1. The predicted octanol–water partition coefficient (Wildman–Crippen LogP) is 3.47. The van der Waals surface area contributed by atoms with Gasteiger partial charge in [-0.25, -0.2) is 0 Å². The van der Waals surface area contributed by atoms with Crippen LogP contribution in [0.3, 0.4) is 0 Å². The average Bonchev–Trinajstić information content (AvgIpc) is 3.36. The quantitative estimate of drug-likeness (QED) is 0.291. The van der Waals surface area contributed by atoms with Crippen LogP contribution in [0.5, 0.6) is 0 Å². The van der Waals surface area contributed by atoms with Crippen LogP contribution in [-0.4, -0.2) is 37.7 Å². The number of furan rings is 1. The lowest BCUT2D eigenvalue weighted by Gasteiger charge is -2.11. The molecule has 0 unspecified atom stereocenters. The average molecular weight is 368 g/mol. The molecule has 2 heterocycles. The van der Waals surface area contributed by atoms with Crippen LogP contribution in [0.1, 0.15) is 24.2 Å². The number of hydrogen-bond acceptors (Lipinski definition) is 3. The number of guanidine groups is 1. The van der Waals surface area contributed by atoms with Crippen molar-refractivity contribution in [3.05, 3.63) is 60.2 Å². The molecular weight excluding hydrogens is 340 g/mol. The molecule has 6 heteroatoms. The molecule has 0 saturated carbocycles. The number of aromatic amines is 1. The molecule has 3 aromatic rings. The zero-order valence-electron chi connectivity index (χ0n) is 15.8. The second-order valence-electron chi connectivity index (χ2n) is 6.37. The molecule has 6 nitrogen and oxygen atoms in total. The van der Waals surface area contributed by atoms with Crippen molar-refractivity contribution in [1.82, 2.24) is 15.6 Å². The maximum absolute atomic E-state index is 5.57. The molecule has 3 N–H and O–H groups in total. The number of hydrogen-bond donors (Lipinski definition) is 3. The molecule has 3 rings (SSSR count). The first-order valence-electron chi connectivity index (χ1n) is 9.46. The fraction of sp³-hybridized carbons (Fsp3) is 0.381. The Kier molecular flexibility index (Phi) is 7.35. The van der Waals surface area contributed by atoms with Crippen molar-refractivity contribution >= 4 is 16.9 Å². The van der Waals surface area contributed by atoms with Crippen LogP contribution >= 0.6 is 0 Å². The van der Waals surface area contributed by atoms with Gasteiger partial charge >= 0.3 is 0 Å². The third-order valence-corrected chi connectivity index (χ3v) is 4.40. The fourth-order valence-corrected chi connectivity index (χ4v) is 2.99. The summed E-state index contributed by atoms with van der Waals surface area (Å²) in [6, 6.07) is 12.2. The smallest absolute Gasteiger partial charge is 0.190 e. The van der Waals surface area contributed by atoms with Crippen molar-refractivity contribution in [2.24, 2.45) is 4.99 Å². The Morgan fingerprint density at radius 3 is 2.78 bits per heavy atom. The Balaban J connectivity index is 1.26. The standard InChI is InChI=1S/C21H28N4O2/c1-22-21(24-12-6-13-26-16-18-8-5-14-27-18)23-11-4-7-17-15-25-20-10-3-2-9-19(17)20/h2-3,5,8-10,14-15,25H,4,6-7,11-13,16H2,1H3,(H2,22,23,24). The first kappa shape index (κ1) is 19.0. The van der Waals surface area contributed by atoms with Crippen LogP contribution in [-0.2, 0) is 17.8 Å². The molecule has 0 aliphatic rings. The van der Waals surface area contributed by atoms with Gasteiger partial charge in [-0.2, -0.15) is 0 Å². The summed E-state index contributed by atoms with van der Waals surface area (Å²) in [6.45, 7) is 2.91. The highest BCUT2D eigenvalue weighted by Crippen LogP contribution is 2.18. The van der Waals surface area contributed by atoms with Gasteiger partial charge in [-0.3, -0.25) is 4.99 Å².